The SMILES string of the molecule is NCCCCCc1nc2ccccc2n1CC(O)CO. The topological polar surface area (TPSA) is 84.3 Å². The summed E-state index contributed by atoms with van der Waals surface area (Å²) in [7, 11) is 0. The molecule has 0 bridgehead atoms. The molecule has 20 heavy (non-hydrogen) atoms. The van der Waals surface area contributed by atoms with Crippen molar-refractivity contribution in [1.29, 1.82) is 0 Å². The highest BCUT2D eigenvalue weighted by atomic mass is 16.3. The third-order valence-corrected chi connectivity index (χ3v) is 3.44. The molecule has 4 N–H and O–H groups in total. The van der Waals surface area contributed by atoms with E-state index in [4.69, 9.17) is 10.8 Å². The molecule has 0 saturated heterocycles. The number of hydrogen-bond donors (Lipinski definition) is 3. The molecule has 0 aliphatic heterocycles. The van der Waals surface area contributed by atoms with Crippen LogP contribution in [-0.4, -0.2) is 39.0 Å². The van der Waals surface area contributed by atoms with Gasteiger partial charge in [0.1, 0.15) is 5.82 Å². The third kappa shape index (κ3) is 3.56. The Morgan fingerprint density at radius 3 is 2.75 bits per heavy atom. The summed E-state index contributed by atoms with van der Waals surface area (Å²) in [5.74, 6) is 0.968. The van der Waals surface area contributed by atoms with Gasteiger partial charge in [-0.25, -0.2) is 4.98 Å². The Balaban J connectivity index is 2.19. The third-order valence-electron chi connectivity index (χ3n) is 3.44. The van der Waals surface area contributed by atoms with Gasteiger partial charge in [0, 0.05) is 6.42 Å². The van der Waals surface area contributed by atoms with Crippen LogP contribution in [-0.2, 0) is 13.0 Å². The summed E-state index contributed by atoms with van der Waals surface area (Å²) >= 11 is 0. The second kappa shape index (κ2) is 7.38. The van der Waals surface area contributed by atoms with Gasteiger partial charge in [0.25, 0.3) is 0 Å². The number of imidazole rings is 1. The van der Waals surface area contributed by atoms with Crippen molar-refractivity contribution in [3.8, 4) is 0 Å². The second-order valence-corrected chi connectivity index (χ2v) is 5.06. The number of nitrogens with two attached hydrogens (primary N) is 1. The van der Waals surface area contributed by atoms with Crippen LogP contribution in [0.1, 0.15) is 25.1 Å². The summed E-state index contributed by atoms with van der Waals surface area (Å²) < 4.78 is 2.01. The van der Waals surface area contributed by atoms with Gasteiger partial charge in [0.2, 0.25) is 0 Å². The van der Waals surface area contributed by atoms with Crippen LogP contribution in [0.3, 0.4) is 0 Å². The zero-order valence-corrected chi connectivity index (χ0v) is 11.7. The first-order valence-corrected chi connectivity index (χ1v) is 7.19. The number of aliphatic hydroxyl groups is 2. The fourth-order valence-corrected chi connectivity index (χ4v) is 2.39. The lowest BCUT2D eigenvalue weighted by atomic mass is 10.2. The van der Waals surface area contributed by atoms with E-state index in [2.05, 4.69) is 4.98 Å². The smallest absolute Gasteiger partial charge is 0.109 e. The average molecular weight is 277 g/mol. The van der Waals surface area contributed by atoms with E-state index in [-0.39, 0.29) is 6.61 Å². The maximum atomic E-state index is 9.71. The molecule has 0 radical (unpaired) electrons. The van der Waals surface area contributed by atoms with E-state index in [0.29, 0.717) is 6.54 Å². The van der Waals surface area contributed by atoms with Gasteiger partial charge in [-0.1, -0.05) is 18.6 Å². The number of aromatic nitrogens is 2. The summed E-state index contributed by atoms with van der Waals surface area (Å²) in [5.41, 5.74) is 7.45. The standard InChI is InChI=1S/C15H23N3O2/c16-9-5-1-2-8-15-17-13-6-3-4-7-14(13)18(15)10-12(20)11-19/h3-4,6-7,12,19-20H,1-2,5,8-11,16H2. The monoisotopic (exact) mass is 277 g/mol. The molecule has 0 aliphatic rings. The molecular weight excluding hydrogens is 254 g/mol. The van der Waals surface area contributed by atoms with E-state index in [9.17, 15) is 5.11 Å². The Morgan fingerprint density at radius 1 is 1.20 bits per heavy atom. The van der Waals surface area contributed by atoms with Crippen LogP contribution in [0.15, 0.2) is 24.3 Å². The number of nitrogens with zero attached hydrogens (tertiary/aromatic N) is 2. The molecule has 1 aromatic carbocycles. The lowest BCUT2D eigenvalue weighted by molar-refractivity contribution is 0.0814. The van der Waals surface area contributed by atoms with Crippen LogP contribution in [0.25, 0.3) is 11.0 Å². The molecule has 1 aromatic heterocycles. The van der Waals surface area contributed by atoms with Crippen molar-refractivity contribution in [3.05, 3.63) is 30.1 Å². The van der Waals surface area contributed by atoms with E-state index >= 15 is 0 Å². The molecule has 1 unspecified atom stereocenters. The minimum atomic E-state index is -0.754. The van der Waals surface area contributed by atoms with Gasteiger partial charge in [0.05, 0.1) is 30.3 Å². The Labute approximate surface area is 119 Å². The first-order valence-electron chi connectivity index (χ1n) is 7.19. The van der Waals surface area contributed by atoms with Crippen LogP contribution in [0, 0.1) is 0 Å². The van der Waals surface area contributed by atoms with Crippen molar-refractivity contribution < 1.29 is 10.2 Å². The van der Waals surface area contributed by atoms with Crippen molar-refractivity contribution in [2.75, 3.05) is 13.2 Å². The molecule has 1 heterocycles. The molecule has 0 amide bonds. The molecule has 0 aliphatic carbocycles. The number of fused-ring (bicyclic) bond motifs is 1. The predicted molar refractivity (Wildman–Crippen MR) is 79.4 cm³/mol. The van der Waals surface area contributed by atoms with E-state index in [1.54, 1.807) is 0 Å². The van der Waals surface area contributed by atoms with Crippen LogP contribution >= 0.6 is 0 Å². The molecule has 0 saturated carbocycles. The van der Waals surface area contributed by atoms with Crippen molar-refractivity contribution in [1.82, 2.24) is 9.55 Å². The first-order chi connectivity index (χ1) is 9.76. The van der Waals surface area contributed by atoms with Crippen LogP contribution < -0.4 is 5.73 Å². The first kappa shape index (κ1) is 15.0. The Kier molecular flexibility index (Phi) is 5.52. The summed E-state index contributed by atoms with van der Waals surface area (Å²) in [6, 6.07) is 7.89. The minimum absolute atomic E-state index is 0.237. The zero-order valence-electron chi connectivity index (χ0n) is 11.7. The lowest BCUT2D eigenvalue weighted by Crippen LogP contribution is -2.21. The Bertz CT molecular complexity index is 539. The number of unbranched alkanes of at least 4 members (excludes halogenated alkanes) is 2. The largest absolute Gasteiger partial charge is 0.394 e. The summed E-state index contributed by atoms with van der Waals surface area (Å²) in [4.78, 5) is 4.64. The summed E-state index contributed by atoms with van der Waals surface area (Å²) in [6.07, 6.45) is 3.26. The number of aliphatic hydroxyl groups excluding tert-OH is 2. The van der Waals surface area contributed by atoms with Gasteiger partial charge in [-0.2, -0.15) is 0 Å². The van der Waals surface area contributed by atoms with E-state index in [1.807, 2.05) is 28.8 Å². The zero-order chi connectivity index (χ0) is 14.4. The minimum Gasteiger partial charge on any atom is -0.394 e. The van der Waals surface area contributed by atoms with Crippen molar-refractivity contribution in [2.45, 2.75) is 38.3 Å². The molecular formula is C15H23N3O2. The Hall–Kier alpha value is -1.43. The number of hydrogen-bond acceptors (Lipinski definition) is 4. The average Bonchev–Trinajstić information content (AvgIpc) is 2.81. The van der Waals surface area contributed by atoms with Gasteiger partial charge in [-0.15, -0.1) is 0 Å². The maximum absolute atomic E-state index is 9.71. The fraction of sp³-hybridized carbons (Fsp3) is 0.533. The van der Waals surface area contributed by atoms with Gasteiger partial charge < -0.3 is 20.5 Å². The van der Waals surface area contributed by atoms with Crippen LogP contribution in [0.2, 0.25) is 0 Å². The summed E-state index contributed by atoms with van der Waals surface area (Å²) in [5, 5.41) is 18.8. The molecule has 2 aromatic rings. The normalized spacial score (nSPS) is 12.9. The van der Waals surface area contributed by atoms with Gasteiger partial charge in [0.15, 0.2) is 0 Å². The highest BCUT2D eigenvalue weighted by molar-refractivity contribution is 5.75. The van der Waals surface area contributed by atoms with E-state index in [0.717, 1.165) is 49.1 Å². The van der Waals surface area contributed by atoms with Gasteiger partial charge in [-0.05, 0) is 31.5 Å². The number of rotatable bonds is 8. The number of para-hydroxylation sites is 2. The molecule has 1 atom stereocenters. The second-order valence-electron chi connectivity index (χ2n) is 5.06. The highest BCUT2D eigenvalue weighted by Crippen LogP contribution is 2.18. The molecule has 0 spiro atoms. The number of benzene rings is 1. The van der Waals surface area contributed by atoms with Gasteiger partial charge >= 0.3 is 0 Å². The number of aryl methyl sites for hydroxylation is 1. The molecule has 2 rings (SSSR count). The van der Waals surface area contributed by atoms with Crippen LogP contribution in [0.5, 0.6) is 0 Å². The molecule has 0 fully saturated rings. The van der Waals surface area contributed by atoms with Crippen molar-refractivity contribution in [3.63, 3.8) is 0 Å². The van der Waals surface area contributed by atoms with E-state index < -0.39 is 6.10 Å². The molecule has 5 heteroatoms. The highest BCUT2D eigenvalue weighted by Gasteiger charge is 2.13. The maximum Gasteiger partial charge on any atom is 0.109 e. The van der Waals surface area contributed by atoms with Crippen LogP contribution in [0.4, 0.5) is 0 Å². The van der Waals surface area contributed by atoms with Crippen molar-refractivity contribution in [2.24, 2.45) is 5.73 Å². The molecule has 5 nitrogen and oxygen atoms in total. The molecule has 110 valence electrons. The lowest BCUT2D eigenvalue weighted by Gasteiger charge is -2.12. The predicted octanol–water partition coefficient (Wildman–Crippen LogP) is 1.06. The van der Waals surface area contributed by atoms with Crippen molar-refractivity contribution >= 4 is 11.0 Å². The Morgan fingerprint density at radius 2 is 2.00 bits per heavy atom. The van der Waals surface area contributed by atoms with Gasteiger partial charge in [-0.3, -0.25) is 0 Å². The summed E-state index contributed by atoms with van der Waals surface area (Å²) in [6.45, 7) is 0.863. The van der Waals surface area contributed by atoms with E-state index in [1.165, 1.54) is 0 Å². The fourth-order valence-electron chi connectivity index (χ4n) is 2.39. The quantitative estimate of drug-likeness (QED) is 0.630.